The van der Waals surface area contributed by atoms with Gasteiger partial charge in [-0.3, -0.25) is 9.78 Å². The molecule has 0 atom stereocenters. The van der Waals surface area contributed by atoms with Gasteiger partial charge >= 0.3 is 0 Å². The third-order valence-electron chi connectivity index (χ3n) is 4.00. The Balaban J connectivity index is 1.72. The lowest BCUT2D eigenvalue weighted by molar-refractivity contribution is -0.127. The minimum Gasteiger partial charge on any atom is -0.493 e. The molecule has 24 heavy (non-hydrogen) atoms. The van der Waals surface area contributed by atoms with Crippen LogP contribution in [-0.4, -0.2) is 28.4 Å². The maximum Gasteiger partial charge on any atom is 0.247 e. The van der Waals surface area contributed by atoms with Crippen LogP contribution in [0.3, 0.4) is 0 Å². The Morgan fingerprint density at radius 2 is 2.00 bits per heavy atom. The van der Waals surface area contributed by atoms with Gasteiger partial charge in [-0.05, 0) is 49.6 Å². The van der Waals surface area contributed by atoms with Gasteiger partial charge in [-0.15, -0.1) is 0 Å². The van der Waals surface area contributed by atoms with Gasteiger partial charge in [-0.25, -0.2) is 0 Å². The molecule has 4 nitrogen and oxygen atoms in total. The highest BCUT2D eigenvalue weighted by molar-refractivity contribution is 5.92. The first kappa shape index (κ1) is 16.2. The maximum absolute atomic E-state index is 12.7. The van der Waals surface area contributed by atoms with Crippen LogP contribution in [0.1, 0.15) is 30.9 Å². The molecule has 0 unspecified atom stereocenters. The number of aromatic nitrogens is 1. The molecule has 1 aliphatic rings. The van der Waals surface area contributed by atoms with Gasteiger partial charge in [0.2, 0.25) is 5.91 Å². The topological polar surface area (TPSA) is 42.4 Å². The Bertz CT molecular complexity index is 709. The van der Waals surface area contributed by atoms with E-state index in [1.165, 1.54) is 0 Å². The third-order valence-corrected chi connectivity index (χ3v) is 4.00. The molecule has 0 spiro atoms. The van der Waals surface area contributed by atoms with E-state index in [2.05, 4.69) is 4.98 Å². The van der Waals surface area contributed by atoms with Crippen molar-refractivity contribution in [2.45, 2.75) is 32.4 Å². The summed E-state index contributed by atoms with van der Waals surface area (Å²) in [6, 6.07) is 12.0. The number of para-hydroxylation sites is 1. The molecule has 124 valence electrons. The standard InChI is InChI=1S/C20H22N2O2/c1-2-24-19-6-4-3-5-17(19)7-10-20(23)22(18-8-9-18)15-16-11-13-21-14-12-16/h3-7,10-14,18H,2,8-9,15H2,1H3/b10-7+. The van der Waals surface area contributed by atoms with E-state index in [-0.39, 0.29) is 5.91 Å². The van der Waals surface area contributed by atoms with Gasteiger partial charge in [0.1, 0.15) is 5.75 Å². The molecule has 2 aromatic rings. The number of rotatable bonds is 7. The summed E-state index contributed by atoms with van der Waals surface area (Å²) in [5, 5.41) is 0. The second-order valence-corrected chi connectivity index (χ2v) is 5.86. The summed E-state index contributed by atoms with van der Waals surface area (Å²) in [4.78, 5) is 18.6. The summed E-state index contributed by atoms with van der Waals surface area (Å²) in [7, 11) is 0. The van der Waals surface area contributed by atoms with Crippen LogP contribution >= 0.6 is 0 Å². The Morgan fingerprint density at radius 3 is 2.71 bits per heavy atom. The molecular weight excluding hydrogens is 300 g/mol. The molecule has 1 saturated carbocycles. The second kappa shape index (κ2) is 7.77. The van der Waals surface area contributed by atoms with Crippen LogP contribution in [0.25, 0.3) is 6.08 Å². The van der Waals surface area contributed by atoms with E-state index in [1.807, 2.05) is 54.3 Å². The molecule has 0 aliphatic heterocycles. The SMILES string of the molecule is CCOc1ccccc1/C=C/C(=O)N(Cc1ccncc1)C1CC1. The van der Waals surface area contributed by atoms with Crippen molar-refractivity contribution in [3.63, 3.8) is 0 Å². The van der Waals surface area contributed by atoms with E-state index in [1.54, 1.807) is 18.5 Å². The normalized spacial score (nSPS) is 13.9. The largest absolute Gasteiger partial charge is 0.493 e. The first-order valence-electron chi connectivity index (χ1n) is 8.37. The van der Waals surface area contributed by atoms with E-state index in [4.69, 9.17) is 4.74 Å². The molecule has 1 amide bonds. The van der Waals surface area contributed by atoms with Crippen LogP contribution in [0.15, 0.2) is 54.9 Å². The van der Waals surface area contributed by atoms with Crippen molar-refractivity contribution < 1.29 is 9.53 Å². The van der Waals surface area contributed by atoms with Crippen LogP contribution in [0.2, 0.25) is 0 Å². The van der Waals surface area contributed by atoms with Crippen molar-refractivity contribution in [3.8, 4) is 5.75 Å². The number of benzene rings is 1. The van der Waals surface area contributed by atoms with E-state index in [9.17, 15) is 4.79 Å². The summed E-state index contributed by atoms with van der Waals surface area (Å²) < 4.78 is 5.60. The molecular formula is C20H22N2O2. The minimum atomic E-state index is 0.0422. The number of hydrogen-bond acceptors (Lipinski definition) is 3. The average molecular weight is 322 g/mol. The predicted molar refractivity (Wildman–Crippen MR) is 94.5 cm³/mol. The third kappa shape index (κ3) is 4.22. The fourth-order valence-corrected chi connectivity index (χ4v) is 2.62. The van der Waals surface area contributed by atoms with Gasteiger partial charge in [-0.2, -0.15) is 0 Å². The Morgan fingerprint density at radius 1 is 1.25 bits per heavy atom. The Hall–Kier alpha value is -2.62. The average Bonchev–Trinajstić information content (AvgIpc) is 3.45. The molecule has 1 aromatic heterocycles. The predicted octanol–water partition coefficient (Wildman–Crippen LogP) is 3.68. The fourth-order valence-electron chi connectivity index (χ4n) is 2.62. The lowest BCUT2D eigenvalue weighted by atomic mass is 10.2. The molecule has 1 fully saturated rings. The number of nitrogens with zero attached hydrogens (tertiary/aromatic N) is 2. The number of ether oxygens (including phenoxy) is 1. The molecule has 0 saturated heterocycles. The zero-order valence-electron chi connectivity index (χ0n) is 13.9. The van der Waals surface area contributed by atoms with E-state index in [0.29, 0.717) is 19.2 Å². The van der Waals surface area contributed by atoms with Gasteiger partial charge < -0.3 is 9.64 Å². The van der Waals surface area contributed by atoms with Crippen molar-refractivity contribution >= 4 is 12.0 Å². The summed E-state index contributed by atoms with van der Waals surface area (Å²) in [5.41, 5.74) is 2.03. The molecule has 1 aliphatic carbocycles. The van der Waals surface area contributed by atoms with Crippen molar-refractivity contribution in [1.82, 2.24) is 9.88 Å². The van der Waals surface area contributed by atoms with Crippen molar-refractivity contribution in [2.75, 3.05) is 6.61 Å². The summed E-state index contributed by atoms with van der Waals surface area (Å²) in [6.45, 7) is 3.19. The van der Waals surface area contributed by atoms with Crippen molar-refractivity contribution in [3.05, 3.63) is 66.0 Å². The summed E-state index contributed by atoms with van der Waals surface area (Å²) >= 11 is 0. The fraction of sp³-hybridized carbons (Fsp3) is 0.300. The highest BCUT2D eigenvalue weighted by atomic mass is 16.5. The molecule has 0 bridgehead atoms. The maximum atomic E-state index is 12.7. The first-order chi connectivity index (χ1) is 11.8. The van der Waals surface area contributed by atoms with Crippen molar-refractivity contribution in [1.29, 1.82) is 0 Å². The van der Waals surface area contributed by atoms with Gasteiger partial charge in [0.25, 0.3) is 0 Å². The van der Waals surface area contributed by atoms with E-state index < -0.39 is 0 Å². The first-order valence-corrected chi connectivity index (χ1v) is 8.37. The van der Waals surface area contributed by atoms with E-state index in [0.717, 1.165) is 29.7 Å². The van der Waals surface area contributed by atoms with Gasteiger partial charge in [0, 0.05) is 36.6 Å². The Labute approximate surface area is 142 Å². The number of carbonyl (C=O) groups is 1. The van der Waals surface area contributed by atoms with Crippen LogP contribution < -0.4 is 4.74 Å². The quantitative estimate of drug-likeness (QED) is 0.730. The lowest BCUT2D eigenvalue weighted by Gasteiger charge is -2.21. The van der Waals surface area contributed by atoms with Crippen LogP contribution in [-0.2, 0) is 11.3 Å². The molecule has 0 N–H and O–H groups in total. The molecule has 0 radical (unpaired) electrons. The number of carbonyl (C=O) groups excluding carboxylic acids is 1. The van der Waals surface area contributed by atoms with Crippen LogP contribution in [0, 0.1) is 0 Å². The lowest BCUT2D eigenvalue weighted by Crippen LogP contribution is -2.31. The second-order valence-electron chi connectivity index (χ2n) is 5.86. The number of pyridine rings is 1. The van der Waals surface area contributed by atoms with Crippen LogP contribution in [0.5, 0.6) is 5.75 Å². The number of hydrogen-bond donors (Lipinski definition) is 0. The van der Waals surface area contributed by atoms with E-state index >= 15 is 0 Å². The van der Waals surface area contributed by atoms with Gasteiger partial charge in [-0.1, -0.05) is 18.2 Å². The monoisotopic (exact) mass is 322 g/mol. The summed E-state index contributed by atoms with van der Waals surface area (Å²) in [6.07, 6.45) is 9.19. The van der Waals surface area contributed by atoms with Gasteiger partial charge in [0.15, 0.2) is 0 Å². The summed E-state index contributed by atoms with van der Waals surface area (Å²) in [5.74, 6) is 0.844. The highest BCUT2D eigenvalue weighted by Crippen LogP contribution is 2.29. The smallest absolute Gasteiger partial charge is 0.247 e. The Kier molecular flexibility index (Phi) is 5.26. The van der Waals surface area contributed by atoms with Gasteiger partial charge in [0.05, 0.1) is 6.61 Å². The molecule has 1 aromatic carbocycles. The molecule has 4 heteroatoms. The molecule has 3 rings (SSSR count). The zero-order chi connectivity index (χ0) is 16.8. The van der Waals surface area contributed by atoms with Crippen LogP contribution in [0.4, 0.5) is 0 Å². The van der Waals surface area contributed by atoms with Crippen molar-refractivity contribution in [2.24, 2.45) is 0 Å². The minimum absolute atomic E-state index is 0.0422. The zero-order valence-corrected chi connectivity index (χ0v) is 13.9. The molecule has 1 heterocycles. The highest BCUT2D eigenvalue weighted by Gasteiger charge is 2.31. The number of amides is 1.